The summed E-state index contributed by atoms with van der Waals surface area (Å²) >= 11 is 0. The number of anilines is 1. The summed E-state index contributed by atoms with van der Waals surface area (Å²) in [5.74, 6) is -0.901. The molecule has 0 saturated carbocycles. The van der Waals surface area contributed by atoms with E-state index in [1.165, 1.54) is 6.07 Å². The highest BCUT2D eigenvalue weighted by Crippen LogP contribution is 2.15. The van der Waals surface area contributed by atoms with Crippen LogP contribution in [0.5, 0.6) is 0 Å². The lowest BCUT2D eigenvalue weighted by molar-refractivity contribution is 0.102. The van der Waals surface area contributed by atoms with E-state index >= 15 is 0 Å². The zero-order valence-corrected chi connectivity index (χ0v) is 10.3. The minimum Gasteiger partial charge on any atom is -0.322 e. The molecule has 92 valence electrons. The van der Waals surface area contributed by atoms with E-state index in [2.05, 4.69) is 5.32 Å². The lowest BCUT2D eigenvalue weighted by atomic mass is 10.1. The minimum atomic E-state index is -0.470. The van der Waals surface area contributed by atoms with Gasteiger partial charge >= 0.3 is 0 Å². The van der Waals surface area contributed by atoms with Gasteiger partial charge in [0.15, 0.2) is 0 Å². The fraction of sp³-hybridized carbons (Fsp3) is 0.133. The smallest absolute Gasteiger partial charge is 0.258 e. The van der Waals surface area contributed by atoms with Crippen molar-refractivity contribution in [2.45, 2.75) is 13.8 Å². The molecule has 18 heavy (non-hydrogen) atoms. The van der Waals surface area contributed by atoms with Gasteiger partial charge in [-0.15, -0.1) is 0 Å². The number of rotatable bonds is 2. The molecule has 0 bridgehead atoms. The van der Waals surface area contributed by atoms with Gasteiger partial charge < -0.3 is 5.32 Å². The molecule has 0 aliphatic rings. The monoisotopic (exact) mass is 243 g/mol. The van der Waals surface area contributed by atoms with Crippen LogP contribution in [-0.4, -0.2) is 5.91 Å². The highest BCUT2D eigenvalue weighted by molar-refractivity contribution is 6.04. The van der Waals surface area contributed by atoms with Crippen LogP contribution in [0.15, 0.2) is 42.5 Å². The number of amides is 1. The van der Waals surface area contributed by atoms with Gasteiger partial charge in [-0.1, -0.05) is 29.8 Å². The van der Waals surface area contributed by atoms with Crippen molar-refractivity contribution in [1.82, 2.24) is 0 Å². The molecule has 2 aromatic carbocycles. The first-order valence-electron chi connectivity index (χ1n) is 5.71. The Kier molecular flexibility index (Phi) is 3.42. The fourth-order valence-electron chi connectivity index (χ4n) is 1.66. The van der Waals surface area contributed by atoms with Crippen LogP contribution in [-0.2, 0) is 0 Å². The van der Waals surface area contributed by atoms with E-state index in [9.17, 15) is 9.18 Å². The van der Waals surface area contributed by atoms with E-state index in [1.807, 2.05) is 19.1 Å². The van der Waals surface area contributed by atoms with Crippen molar-refractivity contribution in [3.05, 3.63) is 65.0 Å². The SMILES string of the molecule is Cc1ccc(NC(=O)c2cccc(C)c2F)cc1. The largest absolute Gasteiger partial charge is 0.322 e. The number of hydrogen-bond acceptors (Lipinski definition) is 1. The second kappa shape index (κ2) is 5.00. The van der Waals surface area contributed by atoms with Crippen LogP contribution in [0, 0.1) is 19.7 Å². The maximum absolute atomic E-state index is 13.8. The van der Waals surface area contributed by atoms with Crippen molar-refractivity contribution in [3.63, 3.8) is 0 Å². The summed E-state index contributed by atoms with van der Waals surface area (Å²) in [4.78, 5) is 11.9. The Labute approximate surface area is 105 Å². The zero-order chi connectivity index (χ0) is 13.1. The molecule has 0 aliphatic heterocycles. The molecule has 0 saturated heterocycles. The molecule has 0 aliphatic carbocycles. The first kappa shape index (κ1) is 12.3. The molecule has 2 rings (SSSR count). The molecule has 0 unspecified atom stereocenters. The van der Waals surface area contributed by atoms with Crippen molar-refractivity contribution in [2.75, 3.05) is 5.32 Å². The number of hydrogen-bond donors (Lipinski definition) is 1. The van der Waals surface area contributed by atoms with Gasteiger partial charge in [-0.25, -0.2) is 4.39 Å². The Morgan fingerprint density at radius 2 is 1.72 bits per heavy atom. The van der Waals surface area contributed by atoms with E-state index in [0.29, 0.717) is 11.3 Å². The molecule has 3 heteroatoms. The number of benzene rings is 2. The molecule has 0 heterocycles. The Morgan fingerprint density at radius 3 is 2.39 bits per heavy atom. The highest BCUT2D eigenvalue weighted by Gasteiger charge is 2.12. The van der Waals surface area contributed by atoms with E-state index in [0.717, 1.165) is 5.56 Å². The minimum absolute atomic E-state index is 0.0653. The average molecular weight is 243 g/mol. The van der Waals surface area contributed by atoms with Crippen molar-refractivity contribution in [2.24, 2.45) is 0 Å². The van der Waals surface area contributed by atoms with Crippen LogP contribution >= 0.6 is 0 Å². The fourth-order valence-corrected chi connectivity index (χ4v) is 1.66. The van der Waals surface area contributed by atoms with Crippen molar-refractivity contribution < 1.29 is 9.18 Å². The number of carbonyl (C=O) groups excluding carboxylic acids is 1. The van der Waals surface area contributed by atoms with Gasteiger partial charge in [0.2, 0.25) is 0 Å². The predicted octanol–water partition coefficient (Wildman–Crippen LogP) is 3.69. The maximum Gasteiger partial charge on any atom is 0.258 e. The summed E-state index contributed by atoms with van der Waals surface area (Å²) in [6, 6.07) is 12.2. The molecule has 0 spiro atoms. The molecule has 2 nitrogen and oxygen atoms in total. The van der Waals surface area contributed by atoms with Gasteiger partial charge in [-0.05, 0) is 37.6 Å². The third-order valence-corrected chi connectivity index (χ3v) is 2.75. The van der Waals surface area contributed by atoms with E-state index in [-0.39, 0.29) is 5.56 Å². The quantitative estimate of drug-likeness (QED) is 0.856. The summed E-state index contributed by atoms with van der Waals surface area (Å²) in [7, 11) is 0. The third-order valence-electron chi connectivity index (χ3n) is 2.75. The number of aryl methyl sites for hydroxylation is 2. The third kappa shape index (κ3) is 2.56. The maximum atomic E-state index is 13.8. The highest BCUT2D eigenvalue weighted by atomic mass is 19.1. The van der Waals surface area contributed by atoms with E-state index < -0.39 is 11.7 Å². The van der Waals surface area contributed by atoms with Gasteiger partial charge in [-0.2, -0.15) is 0 Å². The lowest BCUT2D eigenvalue weighted by Gasteiger charge is -2.07. The summed E-state index contributed by atoms with van der Waals surface area (Å²) in [5, 5.41) is 2.67. The molecular weight excluding hydrogens is 229 g/mol. The Bertz CT molecular complexity index is 576. The number of carbonyl (C=O) groups is 1. The van der Waals surface area contributed by atoms with Crippen LogP contribution in [0.2, 0.25) is 0 Å². The molecule has 0 fully saturated rings. The van der Waals surface area contributed by atoms with Gasteiger partial charge in [-0.3, -0.25) is 4.79 Å². The normalized spacial score (nSPS) is 10.2. The van der Waals surface area contributed by atoms with Gasteiger partial charge in [0.05, 0.1) is 5.56 Å². The summed E-state index contributed by atoms with van der Waals surface area (Å²) < 4.78 is 13.8. The Balaban J connectivity index is 2.22. The van der Waals surface area contributed by atoms with Crippen LogP contribution in [0.3, 0.4) is 0 Å². The molecule has 0 aromatic heterocycles. The van der Waals surface area contributed by atoms with Crippen molar-refractivity contribution >= 4 is 11.6 Å². The van der Waals surface area contributed by atoms with Crippen LogP contribution in [0.25, 0.3) is 0 Å². The Morgan fingerprint density at radius 1 is 1.06 bits per heavy atom. The van der Waals surface area contributed by atoms with Crippen molar-refractivity contribution in [1.29, 1.82) is 0 Å². The molecule has 2 aromatic rings. The first-order valence-corrected chi connectivity index (χ1v) is 5.71. The van der Waals surface area contributed by atoms with Crippen LogP contribution in [0.4, 0.5) is 10.1 Å². The first-order chi connectivity index (χ1) is 8.58. The summed E-state index contributed by atoms with van der Waals surface area (Å²) in [6.45, 7) is 3.60. The Hall–Kier alpha value is -2.16. The van der Waals surface area contributed by atoms with Crippen molar-refractivity contribution in [3.8, 4) is 0 Å². The lowest BCUT2D eigenvalue weighted by Crippen LogP contribution is -2.14. The second-order valence-electron chi connectivity index (χ2n) is 4.26. The molecular formula is C15H14FNO. The molecule has 1 amide bonds. The number of halogens is 1. The summed E-state index contributed by atoms with van der Waals surface area (Å²) in [5.41, 5.74) is 2.29. The zero-order valence-electron chi connectivity index (χ0n) is 10.3. The topological polar surface area (TPSA) is 29.1 Å². The molecule has 0 radical (unpaired) electrons. The van der Waals surface area contributed by atoms with Gasteiger partial charge in [0.1, 0.15) is 5.82 Å². The van der Waals surface area contributed by atoms with E-state index in [4.69, 9.17) is 0 Å². The van der Waals surface area contributed by atoms with E-state index in [1.54, 1.807) is 31.2 Å². The standard InChI is InChI=1S/C15H14FNO/c1-10-6-8-12(9-7-10)17-15(18)13-5-3-4-11(2)14(13)16/h3-9H,1-2H3,(H,17,18). The number of nitrogens with one attached hydrogen (secondary N) is 1. The second-order valence-corrected chi connectivity index (χ2v) is 4.26. The molecule has 0 atom stereocenters. The summed E-state index contributed by atoms with van der Waals surface area (Å²) in [6.07, 6.45) is 0. The predicted molar refractivity (Wildman–Crippen MR) is 70.3 cm³/mol. The van der Waals surface area contributed by atoms with Crippen LogP contribution in [0.1, 0.15) is 21.5 Å². The molecule has 1 N–H and O–H groups in total. The van der Waals surface area contributed by atoms with Crippen LogP contribution < -0.4 is 5.32 Å². The average Bonchev–Trinajstić information content (AvgIpc) is 2.35. The van der Waals surface area contributed by atoms with Gasteiger partial charge in [0.25, 0.3) is 5.91 Å². The van der Waals surface area contributed by atoms with Gasteiger partial charge in [0, 0.05) is 5.69 Å².